The summed E-state index contributed by atoms with van der Waals surface area (Å²) >= 11 is 0. The van der Waals surface area contributed by atoms with Crippen LogP contribution in [0.4, 0.5) is 0 Å². The van der Waals surface area contributed by atoms with Gasteiger partial charge in [0.05, 0.1) is 16.7 Å². The third kappa shape index (κ3) is 3.21. The molecule has 0 aliphatic heterocycles. The summed E-state index contributed by atoms with van der Waals surface area (Å²) in [5.74, 6) is -0.181. The number of carbonyl (C=O) groups excluding carboxylic acids is 1. The van der Waals surface area contributed by atoms with Crippen molar-refractivity contribution in [3.05, 3.63) is 41.1 Å². The molecule has 122 valence electrons. The second kappa shape index (κ2) is 6.26. The number of fused-ring (bicyclic) bond motifs is 2. The molecule has 0 spiro atoms. The molecule has 1 unspecified atom stereocenters. The lowest BCUT2D eigenvalue weighted by Gasteiger charge is -2.23. The van der Waals surface area contributed by atoms with Crippen molar-refractivity contribution in [2.45, 2.75) is 38.2 Å². The molecule has 0 saturated heterocycles. The molecular weight excluding hydrogens is 292 g/mol. The van der Waals surface area contributed by atoms with Gasteiger partial charge in [-0.3, -0.25) is 9.78 Å². The number of aliphatic hydroxyl groups is 2. The number of benzene rings is 1. The summed E-state index contributed by atoms with van der Waals surface area (Å²) in [7, 11) is 0. The van der Waals surface area contributed by atoms with Crippen molar-refractivity contribution in [2.24, 2.45) is 0 Å². The van der Waals surface area contributed by atoms with Gasteiger partial charge in [-0.05, 0) is 37.8 Å². The number of nitrogens with one attached hydrogen (secondary N) is 1. The van der Waals surface area contributed by atoms with E-state index in [-0.39, 0.29) is 25.5 Å². The van der Waals surface area contributed by atoms with E-state index in [4.69, 9.17) is 5.11 Å². The van der Waals surface area contributed by atoms with E-state index in [0.717, 1.165) is 41.4 Å². The topological polar surface area (TPSA) is 82.5 Å². The Labute approximate surface area is 135 Å². The van der Waals surface area contributed by atoms with Crippen LogP contribution in [-0.4, -0.2) is 39.9 Å². The van der Waals surface area contributed by atoms with E-state index in [9.17, 15) is 9.90 Å². The van der Waals surface area contributed by atoms with Crippen LogP contribution < -0.4 is 5.32 Å². The molecular formula is C18H22N2O3. The Morgan fingerprint density at radius 3 is 2.91 bits per heavy atom. The molecule has 1 amide bonds. The zero-order chi connectivity index (χ0) is 16.4. The number of nitrogens with zero attached hydrogens (tertiary/aromatic N) is 1. The lowest BCUT2D eigenvalue weighted by atomic mass is 9.99. The minimum atomic E-state index is -1.11. The molecule has 2 aromatic rings. The van der Waals surface area contributed by atoms with Crippen LogP contribution in [0.3, 0.4) is 0 Å². The summed E-state index contributed by atoms with van der Waals surface area (Å²) in [4.78, 5) is 17.4. The summed E-state index contributed by atoms with van der Waals surface area (Å²) in [6.07, 6.45) is 3.01. The molecule has 0 fully saturated rings. The summed E-state index contributed by atoms with van der Waals surface area (Å²) in [6.45, 7) is 1.60. The van der Waals surface area contributed by atoms with Crippen molar-refractivity contribution in [3.63, 3.8) is 0 Å². The Morgan fingerprint density at radius 2 is 2.13 bits per heavy atom. The van der Waals surface area contributed by atoms with E-state index in [1.165, 1.54) is 0 Å². The number of aryl methyl sites for hydroxylation is 1. The van der Waals surface area contributed by atoms with Crippen molar-refractivity contribution in [1.82, 2.24) is 10.3 Å². The fraction of sp³-hybridized carbons (Fsp3) is 0.444. The highest BCUT2D eigenvalue weighted by molar-refractivity contribution is 6.07. The number of aliphatic hydroxyl groups excluding tert-OH is 1. The lowest BCUT2D eigenvalue weighted by Crippen LogP contribution is -2.41. The van der Waals surface area contributed by atoms with E-state index in [1.54, 1.807) is 6.92 Å². The molecule has 0 bridgehead atoms. The minimum Gasteiger partial charge on any atom is -0.396 e. The van der Waals surface area contributed by atoms with Crippen LogP contribution in [0.25, 0.3) is 10.9 Å². The Bertz CT molecular complexity index is 740. The summed E-state index contributed by atoms with van der Waals surface area (Å²) in [6, 6.07) is 7.67. The molecule has 1 aliphatic rings. The number of hydrogen-bond acceptors (Lipinski definition) is 4. The average molecular weight is 314 g/mol. The van der Waals surface area contributed by atoms with Gasteiger partial charge >= 0.3 is 0 Å². The largest absolute Gasteiger partial charge is 0.396 e. The first-order chi connectivity index (χ1) is 11.0. The molecule has 5 heteroatoms. The molecule has 3 rings (SSSR count). The Kier molecular flexibility index (Phi) is 4.33. The van der Waals surface area contributed by atoms with Gasteiger partial charge in [-0.25, -0.2) is 0 Å². The summed E-state index contributed by atoms with van der Waals surface area (Å²) in [5, 5.41) is 22.8. The van der Waals surface area contributed by atoms with Gasteiger partial charge in [0.15, 0.2) is 0 Å². The molecule has 23 heavy (non-hydrogen) atoms. The Hall–Kier alpha value is -1.98. The highest BCUT2D eigenvalue weighted by atomic mass is 16.3. The highest BCUT2D eigenvalue weighted by Crippen LogP contribution is 2.29. The fourth-order valence-corrected chi connectivity index (χ4v) is 3.16. The van der Waals surface area contributed by atoms with Crippen LogP contribution in [-0.2, 0) is 12.8 Å². The smallest absolute Gasteiger partial charge is 0.252 e. The maximum Gasteiger partial charge on any atom is 0.252 e. The first-order valence-electron chi connectivity index (χ1n) is 8.04. The molecule has 1 heterocycles. The van der Waals surface area contributed by atoms with Crippen LogP contribution in [0, 0.1) is 0 Å². The van der Waals surface area contributed by atoms with Gasteiger partial charge in [0.2, 0.25) is 0 Å². The van der Waals surface area contributed by atoms with Crippen molar-refractivity contribution in [3.8, 4) is 0 Å². The zero-order valence-corrected chi connectivity index (χ0v) is 13.3. The number of hydrogen-bond donors (Lipinski definition) is 3. The molecule has 0 saturated carbocycles. The zero-order valence-electron chi connectivity index (χ0n) is 13.3. The van der Waals surface area contributed by atoms with Gasteiger partial charge in [-0.2, -0.15) is 0 Å². The normalized spacial score (nSPS) is 16.1. The van der Waals surface area contributed by atoms with E-state index in [2.05, 4.69) is 10.3 Å². The number of carbonyl (C=O) groups is 1. The van der Waals surface area contributed by atoms with Gasteiger partial charge < -0.3 is 15.5 Å². The molecule has 1 aromatic carbocycles. The lowest BCUT2D eigenvalue weighted by molar-refractivity contribution is 0.0324. The monoisotopic (exact) mass is 314 g/mol. The van der Waals surface area contributed by atoms with Gasteiger partial charge in [-0.1, -0.05) is 18.2 Å². The molecule has 1 aliphatic carbocycles. The minimum absolute atomic E-state index is 0.109. The summed E-state index contributed by atoms with van der Waals surface area (Å²) in [5.41, 5.74) is 2.44. The standard InChI is InChI=1S/C18H22N2O3/c1-18(23,9-10-21)11-19-17(22)16-12-5-2-3-7-14(12)20-15-8-4-6-13(15)16/h2-3,5,7,21,23H,4,6,8-11H2,1H3,(H,19,22). The highest BCUT2D eigenvalue weighted by Gasteiger charge is 2.26. The van der Waals surface area contributed by atoms with E-state index < -0.39 is 5.60 Å². The van der Waals surface area contributed by atoms with Crippen molar-refractivity contribution in [1.29, 1.82) is 0 Å². The van der Waals surface area contributed by atoms with E-state index in [0.29, 0.717) is 5.56 Å². The summed E-state index contributed by atoms with van der Waals surface area (Å²) < 4.78 is 0. The SMILES string of the molecule is CC(O)(CCO)CNC(=O)c1c2c(nc3ccccc13)CCC2. The van der Waals surface area contributed by atoms with Crippen molar-refractivity contribution < 1.29 is 15.0 Å². The number of aromatic nitrogens is 1. The maximum absolute atomic E-state index is 12.8. The Balaban J connectivity index is 1.94. The molecule has 1 aromatic heterocycles. The number of pyridine rings is 1. The molecule has 1 atom stereocenters. The molecule has 0 radical (unpaired) electrons. The Morgan fingerprint density at radius 1 is 1.35 bits per heavy atom. The second-order valence-electron chi connectivity index (χ2n) is 6.44. The van der Waals surface area contributed by atoms with Gasteiger partial charge in [-0.15, -0.1) is 0 Å². The van der Waals surface area contributed by atoms with Crippen LogP contribution in [0.2, 0.25) is 0 Å². The molecule has 3 N–H and O–H groups in total. The second-order valence-corrected chi connectivity index (χ2v) is 6.44. The van der Waals surface area contributed by atoms with E-state index in [1.807, 2.05) is 24.3 Å². The maximum atomic E-state index is 12.8. The van der Waals surface area contributed by atoms with Gasteiger partial charge in [0.25, 0.3) is 5.91 Å². The van der Waals surface area contributed by atoms with Crippen LogP contribution in [0.5, 0.6) is 0 Å². The fourth-order valence-electron chi connectivity index (χ4n) is 3.16. The first kappa shape index (κ1) is 15.9. The van der Waals surface area contributed by atoms with Crippen LogP contribution in [0.15, 0.2) is 24.3 Å². The van der Waals surface area contributed by atoms with Gasteiger partial charge in [0, 0.05) is 30.7 Å². The predicted molar refractivity (Wildman–Crippen MR) is 88.4 cm³/mol. The van der Waals surface area contributed by atoms with Crippen molar-refractivity contribution in [2.75, 3.05) is 13.2 Å². The average Bonchev–Trinajstić information content (AvgIpc) is 2.98. The first-order valence-corrected chi connectivity index (χ1v) is 8.04. The quantitative estimate of drug-likeness (QED) is 0.782. The molecule has 5 nitrogen and oxygen atoms in total. The van der Waals surface area contributed by atoms with Gasteiger partial charge in [0.1, 0.15) is 0 Å². The van der Waals surface area contributed by atoms with Crippen LogP contribution >= 0.6 is 0 Å². The predicted octanol–water partition coefficient (Wildman–Crippen LogP) is 1.59. The third-order valence-electron chi connectivity index (χ3n) is 4.43. The number of amides is 1. The third-order valence-corrected chi connectivity index (χ3v) is 4.43. The van der Waals surface area contributed by atoms with E-state index >= 15 is 0 Å². The van der Waals surface area contributed by atoms with Crippen molar-refractivity contribution >= 4 is 16.8 Å². The van der Waals surface area contributed by atoms with Crippen LogP contribution in [0.1, 0.15) is 41.4 Å². The number of rotatable bonds is 5. The number of para-hydroxylation sites is 1.